The number of nitrogens with one attached hydrogen (secondary N) is 1. The molecule has 0 spiro atoms. The lowest BCUT2D eigenvalue weighted by molar-refractivity contribution is 0.628. The van der Waals surface area contributed by atoms with Gasteiger partial charge in [-0.25, -0.2) is 4.39 Å². The topological polar surface area (TPSA) is 25.2 Å². The van der Waals surface area contributed by atoms with Gasteiger partial charge in [-0.1, -0.05) is 54.6 Å². The summed E-state index contributed by atoms with van der Waals surface area (Å²) in [5.41, 5.74) is 5.45. The fourth-order valence-corrected chi connectivity index (χ4v) is 3.47. The van der Waals surface area contributed by atoms with Gasteiger partial charge in [-0.3, -0.25) is 0 Å². The van der Waals surface area contributed by atoms with Gasteiger partial charge in [0.1, 0.15) is 17.0 Å². The Balaban J connectivity index is 1.61. The van der Waals surface area contributed by atoms with Crippen molar-refractivity contribution in [2.24, 2.45) is 0 Å². The first-order valence-corrected chi connectivity index (χ1v) is 8.81. The highest BCUT2D eigenvalue weighted by Gasteiger charge is 2.12. The number of rotatable bonds is 3. The van der Waals surface area contributed by atoms with Crippen molar-refractivity contribution in [2.45, 2.75) is 0 Å². The van der Waals surface area contributed by atoms with Crippen molar-refractivity contribution in [1.82, 2.24) is 0 Å². The number of halogens is 1. The van der Waals surface area contributed by atoms with Gasteiger partial charge in [0.15, 0.2) is 0 Å². The highest BCUT2D eigenvalue weighted by Crippen LogP contribution is 2.36. The second-order valence-corrected chi connectivity index (χ2v) is 6.50. The third kappa shape index (κ3) is 2.83. The quantitative estimate of drug-likeness (QED) is 0.373. The normalized spacial score (nSPS) is 11.1. The van der Waals surface area contributed by atoms with Crippen LogP contribution in [0.3, 0.4) is 0 Å². The number of para-hydroxylation sites is 2. The molecule has 3 heteroatoms. The predicted molar refractivity (Wildman–Crippen MR) is 109 cm³/mol. The van der Waals surface area contributed by atoms with E-state index in [9.17, 15) is 4.39 Å². The molecule has 0 saturated heterocycles. The van der Waals surface area contributed by atoms with E-state index in [4.69, 9.17) is 4.42 Å². The lowest BCUT2D eigenvalue weighted by atomic mass is 10.0. The summed E-state index contributed by atoms with van der Waals surface area (Å²) < 4.78 is 19.6. The van der Waals surface area contributed by atoms with Crippen LogP contribution < -0.4 is 5.32 Å². The van der Waals surface area contributed by atoms with Crippen LogP contribution in [0, 0.1) is 5.82 Å². The molecular weight excluding hydrogens is 337 g/mol. The molecule has 0 unspecified atom stereocenters. The molecule has 0 aliphatic heterocycles. The van der Waals surface area contributed by atoms with E-state index in [1.807, 2.05) is 48.5 Å². The Labute approximate surface area is 155 Å². The van der Waals surface area contributed by atoms with Gasteiger partial charge >= 0.3 is 0 Å². The van der Waals surface area contributed by atoms with Crippen molar-refractivity contribution in [3.05, 3.63) is 96.8 Å². The molecule has 5 rings (SSSR count). The SMILES string of the molecule is Fc1cccc(Nc2cccc(-c3cccc4c3oc3ccccc34)c2)c1. The Morgan fingerprint density at radius 3 is 2.30 bits per heavy atom. The largest absolute Gasteiger partial charge is 0.455 e. The third-order valence-electron chi connectivity index (χ3n) is 4.69. The molecule has 0 atom stereocenters. The summed E-state index contributed by atoms with van der Waals surface area (Å²) in [6.45, 7) is 0. The average molecular weight is 353 g/mol. The van der Waals surface area contributed by atoms with Crippen LogP contribution in [0.15, 0.2) is 95.4 Å². The molecule has 1 heterocycles. The minimum absolute atomic E-state index is 0.261. The van der Waals surface area contributed by atoms with Crippen LogP contribution >= 0.6 is 0 Å². The summed E-state index contributed by atoms with van der Waals surface area (Å²) in [6, 6.07) is 28.8. The lowest BCUT2D eigenvalue weighted by Gasteiger charge is -2.09. The van der Waals surface area contributed by atoms with Gasteiger partial charge in [0.05, 0.1) is 0 Å². The van der Waals surface area contributed by atoms with E-state index < -0.39 is 0 Å². The maximum Gasteiger partial charge on any atom is 0.143 e. The Kier molecular flexibility index (Phi) is 3.65. The predicted octanol–water partition coefficient (Wildman–Crippen LogP) is 7.14. The zero-order valence-corrected chi connectivity index (χ0v) is 14.4. The van der Waals surface area contributed by atoms with E-state index in [-0.39, 0.29) is 5.82 Å². The molecule has 0 saturated carbocycles. The summed E-state index contributed by atoms with van der Waals surface area (Å²) >= 11 is 0. The van der Waals surface area contributed by atoms with Gasteiger partial charge in [-0.2, -0.15) is 0 Å². The molecule has 0 bridgehead atoms. The van der Waals surface area contributed by atoms with Crippen molar-refractivity contribution in [3.8, 4) is 11.1 Å². The second-order valence-electron chi connectivity index (χ2n) is 6.50. The zero-order chi connectivity index (χ0) is 18.2. The van der Waals surface area contributed by atoms with Crippen LogP contribution in [0.1, 0.15) is 0 Å². The van der Waals surface area contributed by atoms with Crippen molar-refractivity contribution in [1.29, 1.82) is 0 Å². The number of hydrogen-bond donors (Lipinski definition) is 1. The highest BCUT2D eigenvalue weighted by molar-refractivity contribution is 6.09. The molecule has 2 nitrogen and oxygen atoms in total. The number of benzene rings is 4. The second kappa shape index (κ2) is 6.29. The van der Waals surface area contributed by atoms with Gasteiger partial charge in [0, 0.05) is 27.7 Å². The summed E-state index contributed by atoms with van der Waals surface area (Å²) in [6.07, 6.45) is 0. The minimum atomic E-state index is -0.261. The molecule has 5 aromatic rings. The van der Waals surface area contributed by atoms with Crippen LogP contribution in [0.4, 0.5) is 15.8 Å². The van der Waals surface area contributed by atoms with E-state index in [1.54, 1.807) is 6.07 Å². The molecule has 0 fully saturated rings. The van der Waals surface area contributed by atoms with Gasteiger partial charge in [0.25, 0.3) is 0 Å². The lowest BCUT2D eigenvalue weighted by Crippen LogP contribution is -1.91. The molecule has 0 aliphatic rings. The van der Waals surface area contributed by atoms with E-state index >= 15 is 0 Å². The summed E-state index contributed by atoms with van der Waals surface area (Å²) in [5, 5.41) is 5.48. The maximum atomic E-state index is 13.4. The number of anilines is 2. The van der Waals surface area contributed by atoms with Crippen LogP contribution in [0.2, 0.25) is 0 Å². The highest BCUT2D eigenvalue weighted by atomic mass is 19.1. The zero-order valence-electron chi connectivity index (χ0n) is 14.4. The van der Waals surface area contributed by atoms with Crippen molar-refractivity contribution in [2.75, 3.05) is 5.32 Å². The van der Waals surface area contributed by atoms with Crippen molar-refractivity contribution in [3.63, 3.8) is 0 Å². The number of furan rings is 1. The van der Waals surface area contributed by atoms with Crippen LogP contribution in [-0.2, 0) is 0 Å². The van der Waals surface area contributed by atoms with E-state index in [2.05, 4.69) is 29.6 Å². The van der Waals surface area contributed by atoms with Gasteiger partial charge in [-0.05, 0) is 42.0 Å². The molecule has 0 amide bonds. The molecule has 1 N–H and O–H groups in total. The molecule has 4 aromatic carbocycles. The van der Waals surface area contributed by atoms with E-state index in [1.165, 1.54) is 12.1 Å². The maximum absolute atomic E-state index is 13.4. The fourth-order valence-electron chi connectivity index (χ4n) is 3.47. The summed E-state index contributed by atoms with van der Waals surface area (Å²) in [4.78, 5) is 0. The summed E-state index contributed by atoms with van der Waals surface area (Å²) in [5.74, 6) is -0.261. The molecule has 27 heavy (non-hydrogen) atoms. The number of fused-ring (bicyclic) bond motifs is 3. The Bertz CT molecular complexity index is 1270. The first kappa shape index (κ1) is 15.6. The minimum Gasteiger partial charge on any atom is -0.455 e. The summed E-state index contributed by atoms with van der Waals surface area (Å²) in [7, 11) is 0. The Hall–Kier alpha value is -3.59. The van der Waals surface area contributed by atoms with Gasteiger partial charge < -0.3 is 9.73 Å². The molecule has 0 radical (unpaired) electrons. The Morgan fingerprint density at radius 1 is 0.667 bits per heavy atom. The smallest absolute Gasteiger partial charge is 0.143 e. The molecular formula is C24H16FNO. The third-order valence-corrected chi connectivity index (χ3v) is 4.69. The van der Waals surface area contributed by atoms with Crippen LogP contribution in [0.25, 0.3) is 33.1 Å². The van der Waals surface area contributed by atoms with E-state index in [0.717, 1.165) is 38.8 Å². The number of hydrogen-bond acceptors (Lipinski definition) is 2. The van der Waals surface area contributed by atoms with Gasteiger partial charge in [0.2, 0.25) is 0 Å². The molecule has 130 valence electrons. The average Bonchev–Trinajstić information content (AvgIpc) is 3.07. The van der Waals surface area contributed by atoms with Crippen LogP contribution in [-0.4, -0.2) is 0 Å². The van der Waals surface area contributed by atoms with Crippen LogP contribution in [0.5, 0.6) is 0 Å². The first-order valence-electron chi connectivity index (χ1n) is 8.81. The molecule has 0 aliphatic carbocycles. The standard InChI is InChI=1S/C24H16FNO/c25-17-7-4-9-19(15-17)26-18-8-3-6-16(14-18)20-11-5-12-22-21-10-1-2-13-23(21)27-24(20)22/h1-15,26H. The first-order chi connectivity index (χ1) is 13.3. The Morgan fingerprint density at radius 2 is 1.41 bits per heavy atom. The molecule has 1 aromatic heterocycles. The van der Waals surface area contributed by atoms with E-state index in [0.29, 0.717) is 5.69 Å². The van der Waals surface area contributed by atoms with Crippen molar-refractivity contribution >= 4 is 33.3 Å². The monoisotopic (exact) mass is 353 g/mol. The van der Waals surface area contributed by atoms with Gasteiger partial charge in [-0.15, -0.1) is 0 Å². The fraction of sp³-hybridized carbons (Fsp3) is 0. The van der Waals surface area contributed by atoms with Crippen molar-refractivity contribution < 1.29 is 8.81 Å².